The van der Waals surface area contributed by atoms with Crippen LogP contribution in [0.25, 0.3) is 11.3 Å². The Balaban J connectivity index is 1.53. The highest BCUT2D eigenvalue weighted by atomic mass is 35.5. The van der Waals surface area contributed by atoms with E-state index < -0.39 is 0 Å². The van der Waals surface area contributed by atoms with E-state index in [-0.39, 0.29) is 24.2 Å². The summed E-state index contributed by atoms with van der Waals surface area (Å²) in [5, 5.41) is 3.52. The molecule has 152 valence electrons. The summed E-state index contributed by atoms with van der Waals surface area (Å²) in [6, 6.07) is 13.6. The molecule has 29 heavy (non-hydrogen) atoms. The van der Waals surface area contributed by atoms with Gasteiger partial charge in [-0.3, -0.25) is 4.79 Å². The maximum Gasteiger partial charge on any atom is 0.220 e. The van der Waals surface area contributed by atoms with Crippen molar-refractivity contribution in [3.05, 3.63) is 77.0 Å². The van der Waals surface area contributed by atoms with Crippen molar-refractivity contribution in [2.24, 2.45) is 0 Å². The normalized spacial score (nSPS) is 12.2. The molecule has 0 spiro atoms. The fraction of sp³-hybridized carbons (Fsp3) is 0.273. The molecule has 2 aromatic carbocycles. The summed E-state index contributed by atoms with van der Waals surface area (Å²) in [5.41, 5.74) is 1.71. The van der Waals surface area contributed by atoms with Crippen molar-refractivity contribution in [3.8, 4) is 11.3 Å². The molecule has 1 N–H and O–H groups in total. The molecule has 0 fully saturated rings. The summed E-state index contributed by atoms with van der Waals surface area (Å²) in [7, 11) is 3.84. The molecule has 3 rings (SSSR count). The van der Waals surface area contributed by atoms with Crippen LogP contribution in [0.2, 0.25) is 5.02 Å². The Morgan fingerprint density at radius 3 is 2.62 bits per heavy atom. The quantitative estimate of drug-likeness (QED) is 0.589. The smallest absolute Gasteiger partial charge is 0.220 e. The molecule has 1 amide bonds. The van der Waals surface area contributed by atoms with Crippen LogP contribution in [0.5, 0.6) is 0 Å². The highest BCUT2D eigenvalue weighted by molar-refractivity contribution is 6.33. The van der Waals surface area contributed by atoms with Gasteiger partial charge in [-0.2, -0.15) is 0 Å². The topological polar surface area (TPSA) is 58.4 Å². The molecule has 3 aromatic rings. The van der Waals surface area contributed by atoms with Crippen molar-refractivity contribution in [3.63, 3.8) is 0 Å². The minimum absolute atomic E-state index is 0.0480. The van der Waals surface area contributed by atoms with Gasteiger partial charge in [-0.25, -0.2) is 9.37 Å². The Labute approximate surface area is 174 Å². The summed E-state index contributed by atoms with van der Waals surface area (Å²) < 4.78 is 18.9. The number of halogens is 2. The molecule has 0 radical (unpaired) electrons. The minimum atomic E-state index is -0.280. The SMILES string of the molecule is CN(C)C(CNC(=O)CCc1ncc(-c2ccccc2Cl)o1)c1ccc(F)cc1. The zero-order chi connectivity index (χ0) is 20.8. The Bertz CT molecular complexity index is 957. The van der Waals surface area contributed by atoms with Crippen LogP contribution in [0, 0.1) is 5.82 Å². The van der Waals surface area contributed by atoms with Crippen molar-refractivity contribution < 1.29 is 13.6 Å². The van der Waals surface area contributed by atoms with Gasteiger partial charge < -0.3 is 14.6 Å². The lowest BCUT2D eigenvalue weighted by molar-refractivity contribution is -0.121. The van der Waals surface area contributed by atoms with E-state index in [1.807, 2.05) is 37.2 Å². The number of carbonyl (C=O) groups excluding carboxylic acids is 1. The standard InChI is InChI=1S/C22H23ClFN3O2/c1-27(2)19(15-7-9-16(24)10-8-15)13-25-21(28)11-12-22-26-14-20(29-22)17-5-3-4-6-18(17)23/h3-10,14,19H,11-13H2,1-2H3,(H,25,28). The molecule has 0 bridgehead atoms. The van der Waals surface area contributed by atoms with Gasteiger partial charge in [-0.1, -0.05) is 35.9 Å². The van der Waals surface area contributed by atoms with E-state index in [4.69, 9.17) is 16.0 Å². The fourth-order valence-corrected chi connectivity index (χ4v) is 3.24. The number of amides is 1. The molecule has 1 unspecified atom stereocenters. The van der Waals surface area contributed by atoms with Crippen molar-refractivity contribution in [2.45, 2.75) is 18.9 Å². The van der Waals surface area contributed by atoms with Crippen molar-refractivity contribution in [1.29, 1.82) is 0 Å². The second kappa shape index (κ2) is 9.67. The molecule has 1 atom stereocenters. The fourth-order valence-electron chi connectivity index (χ4n) is 3.01. The first-order chi connectivity index (χ1) is 13.9. The molecule has 0 aliphatic rings. The average Bonchev–Trinajstić information content (AvgIpc) is 3.17. The van der Waals surface area contributed by atoms with Crippen LogP contribution in [0.1, 0.15) is 23.9 Å². The summed E-state index contributed by atoms with van der Waals surface area (Å²) >= 11 is 6.17. The molecule has 1 aromatic heterocycles. The number of aryl methyl sites for hydroxylation is 1. The number of benzene rings is 2. The van der Waals surface area contributed by atoms with Gasteiger partial charge in [0, 0.05) is 24.9 Å². The van der Waals surface area contributed by atoms with E-state index in [9.17, 15) is 9.18 Å². The first kappa shape index (κ1) is 21.0. The molecule has 5 nitrogen and oxygen atoms in total. The van der Waals surface area contributed by atoms with Gasteiger partial charge in [0.05, 0.1) is 17.3 Å². The number of rotatable bonds is 8. The van der Waals surface area contributed by atoms with Gasteiger partial charge in [-0.15, -0.1) is 0 Å². The Kier molecular flexibility index (Phi) is 7.01. The zero-order valence-electron chi connectivity index (χ0n) is 16.4. The molecule has 0 aliphatic carbocycles. The lowest BCUT2D eigenvalue weighted by atomic mass is 10.1. The molecule has 0 aliphatic heterocycles. The second-order valence-electron chi connectivity index (χ2n) is 6.93. The van der Waals surface area contributed by atoms with E-state index >= 15 is 0 Å². The number of hydrogen-bond acceptors (Lipinski definition) is 4. The Morgan fingerprint density at radius 1 is 1.21 bits per heavy atom. The third kappa shape index (κ3) is 5.65. The highest BCUT2D eigenvalue weighted by Crippen LogP contribution is 2.28. The molecule has 0 saturated heterocycles. The number of nitrogens with zero attached hydrogens (tertiary/aromatic N) is 2. The molecular formula is C22H23ClFN3O2. The van der Waals surface area contributed by atoms with Crippen molar-refractivity contribution in [2.75, 3.05) is 20.6 Å². The monoisotopic (exact) mass is 415 g/mol. The van der Waals surface area contributed by atoms with E-state index in [2.05, 4.69) is 10.3 Å². The summed E-state index contributed by atoms with van der Waals surface area (Å²) in [6.45, 7) is 0.425. The van der Waals surface area contributed by atoms with Gasteiger partial charge >= 0.3 is 0 Å². The highest BCUT2D eigenvalue weighted by Gasteiger charge is 2.16. The van der Waals surface area contributed by atoms with Crippen LogP contribution in [0.15, 0.2) is 59.1 Å². The second-order valence-corrected chi connectivity index (χ2v) is 7.34. The molecule has 7 heteroatoms. The van der Waals surface area contributed by atoms with Crippen LogP contribution in [0.4, 0.5) is 4.39 Å². The van der Waals surface area contributed by atoms with Crippen LogP contribution < -0.4 is 5.32 Å². The first-order valence-corrected chi connectivity index (χ1v) is 9.70. The third-order valence-corrected chi connectivity index (χ3v) is 4.96. The van der Waals surface area contributed by atoms with Gasteiger partial charge in [0.25, 0.3) is 0 Å². The lowest BCUT2D eigenvalue weighted by Gasteiger charge is -2.25. The summed E-state index contributed by atoms with van der Waals surface area (Å²) in [4.78, 5) is 18.5. The lowest BCUT2D eigenvalue weighted by Crippen LogP contribution is -2.34. The molecule has 1 heterocycles. The average molecular weight is 416 g/mol. The Morgan fingerprint density at radius 2 is 1.93 bits per heavy atom. The van der Waals surface area contributed by atoms with Crippen molar-refractivity contribution >= 4 is 17.5 Å². The molecule has 0 saturated carbocycles. The van der Waals surface area contributed by atoms with Crippen LogP contribution in [-0.2, 0) is 11.2 Å². The number of hydrogen-bond donors (Lipinski definition) is 1. The largest absolute Gasteiger partial charge is 0.441 e. The predicted octanol–water partition coefficient (Wildman–Crippen LogP) is 4.49. The number of nitrogens with one attached hydrogen (secondary N) is 1. The van der Waals surface area contributed by atoms with Crippen LogP contribution in [0.3, 0.4) is 0 Å². The van der Waals surface area contributed by atoms with Crippen LogP contribution in [-0.4, -0.2) is 36.4 Å². The van der Waals surface area contributed by atoms with E-state index in [0.717, 1.165) is 11.1 Å². The maximum absolute atomic E-state index is 13.2. The van der Waals surface area contributed by atoms with E-state index in [1.165, 1.54) is 12.1 Å². The number of likely N-dealkylation sites (N-methyl/N-ethyl adjacent to an activating group) is 1. The predicted molar refractivity (Wildman–Crippen MR) is 111 cm³/mol. The number of aromatic nitrogens is 1. The third-order valence-electron chi connectivity index (χ3n) is 4.63. The minimum Gasteiger partial charge on any atom is -0.441 e. The van der Waals surface area contributed by atoms with E-state index in [1.54, 1.807) is 24.4 Å². The van der Waals surface area contributed by atoms with Gasteiger partial charge in [0.1, 0.15) is 5.82 Å². The van der Waals surface area contributed by atoms with Crippen molar-refractivity contribution in [1.82, 2.24) is 15.2 Å². The first-order valence-electron chi connectivity index (χ1n) is 9.32. The zero-order valence-corrected chi connectivity index (χ0v) is 17.1. The van der Waals surface area contributed by atoms with Crippen LogP contribution >= 0.6 is 11.6 Å². The molecular weight excluding hydrogens is 393 g/mol. The summed E-state index contributed by atoms with van der Waals surface area (Å²) in [6.07, 6.45) is 2.26. The number of carbonyl (C=O) groups is 1. The number of oxazole rings is 1. The Hall–Kier alpha value is -2.70. The maximum atomic E-state index is 13.2. The summed E-state index contributed by atoms with van der Waals surface area (Å²) in [5.74, 6) is 0.682. The van der Waals surface area contributed by atoms with Gasteiger partial charge in [0.15, 0.2) is 11.7 Å². The van der Waals surface area contributed by atoms with Gasteiger partial charge in [0.2, 0.25) is 5.91 Å². The van der Waals surface area contributed by atoms with E-state index in [0.29, 0.717) is 29.6 Å². The van der Waals surface area contributed by atoms with Gasteiger partial charge in [-0.05, 0) is 43.9 Å².